The molecule has 0 aliphatic rings. The number of benzene rings is 10. The van der Waals surface area contributed by atoms with Gasteiger partial charge in [0.2, 0.25) is 0 Å². The summed E-state index contributed by atoms with van der Waals surface area (Å²) in [5.41, 5.74) is 26.5. The molecule has 0 amide bonds. The molecule has 0 bridgehead atoms. The first-order valence-electron chi connectivity index (χ1n) is 33.1. The van der Waals surface area contributed by atoms with Crippen LogP contribution in [0.1, 0.15) is 211 Å². The molecule has 0 aromatic heterocycles. The summed E-state index contributed by atoms with van der Waals surface area (Å²) in [5, 5.41) is 13.0. The monoisotopic (exact) mass is 1190 g/mol. The van der Waals surface area contributed by atoms with Gasteiger partial charge in [0, 0.05) is 32.9 Å². The lowest BCUT2D eigenvalue weighted by atomic mass is 9.78. The van der Waals surface area contributed by atoms with E-state index in [1.54, 1.807) is 0 Å². The molecule has 0 radical (unpaired) electrons. The van der Waals surface area contributed by atoms with Gasteiger partial charge in [0.25, 0.3) is 0 Å². The Bertz CT molecular complexity index is 4020. The maximum Gasteiger partial charge on any atom is 0.0545 e. The zero-order chi connectivity index (χ0) is 65.6. The molecule has 2 heteroatoms. The van der Waals surface area contributed by atoms with Crippen molar-refractivity contribution in [1.82, 2.24) is 0 Å². The lowest BCUT2D eigenvalue weighted by Gasteiger charge is -2.27. The highest BCUT2D eigenvalue weighted by atomic mass is 14.9. The van der Waals surface area contributed by atoms with Crippen molar-refractivity contribution in [2.75, 3.05) is 10.6 Å². The van der Waals surface area contributed by atoms with Crippen molar-refractivity contribution in [2.24, 2.45) is 0 Å². The maximum absolute atomic E-state index is 4.26. The van der Waals surface area contributed by atoms with Crippen LogP contribution in [-0.4, -0.2) is 0 Å². The zero-order valence-corrected chi connectivity index (χ0v) is 59.3. The van der Waals surface area contributed by atoms with Crippen LogP contribution in [0.3, 0.4) is 0 Å². The Balaban J connectivity index is 1.26. The first-order chi connectivity index (χ1) is 41.6. The summed E-state index contributed by atoms with van der Waals surface area (Å²) in [6.07, 6.45) is 0. The largest absolute Gasteiger partial charge is 0.354 e. The van der Waals surface area contributed by atoms with E-state index in [1.165, 1.54) is 94.6 Å². The van der Waals surface area contributed by atoms with Crippen LogP contribution in [0.4, 0.5) is 22.7 Å². The van der Waals surface area contributed by atoms with E-state index in [0.29, 0.717) is 0 Å². The summed E-state index contributed by atoms with van der Waals surface area (Å²) in [4.78, 5) is 0. The normalized spacial score (nSPS) is 13.1. The smallest absolute Gasteiger partial charge is 0.0545 e. The predicted molar refractivity (Wildman–Crippen MR) is 398 cm³/mol. The van der Waals surface area contributed by atoms with Gasteiger partial charge in [-0.05, 0) is 186 Å². The summed E-state index contributed by atoms with van der Waals surface area (Å²) >= 11 is 0. The molecule has 90 heavy (non-hydrogen) atoms. The summed E-state index contributed by atoms with van der Waals surface area (Å²) in [6, 6.07) is 70.7. The van der Waals surface area contributed by atoms with Crippen molar-refractivity contribution in [3.05, 3.63) is 226 Å². The maximum atomic E-state index is 4.26. The van der Waals surface area contributed by atoms with Crippen LogP contribution < -0.4 is 10.6 Å². The van der Waals surface area contributed by atoms with Gasteiger partial charge in [0.15, 0.2) is 0 Å². The lowest BCUT2D eigenvalue weighted by molar-refractivity contribution is 0.568. The van der Waals surface area contributed by atoms with E-state index in [1.807, 2.05) is 0 Å². The molecule has 2 N–H and O–H groups in total. The average Bonchev–Trinajstić information content (AvgIpc) is 0.851. The number of anilines is 4. The second-order valence-electron chi connectivity index (χ2n) is 34.5. The van der Waals surface area contributed by atoms with Crippen molar-refractivity contribution in [1.29, 1.82) is 0 Å². The third-order valence-electron chi connectivity index (χ3n) is 18.5. The zero-order valence-electron chi connectivity index (χ0n) is 59.3. The molecule has 0 atom stereocenters. The van der Waals surface area contributed by atoms with Crippen LogP contribution >= 0.6 is 0 Å². The van der Waals surface area contributed by atoms with Crippen molar-refractivity contribution < 1.29 is 0 Å². The highest BCUT2D eigenvalue weighted by Crippen LogP contribution is 2.48. The molecule has 0 aliphatic heterocycles. The van der Waals surface area contributed by atoms with E-state index < -0.39 is 0 Å². The molecule has 0 spiro atoms. The molecule has 0 aliphatic carbocycles. The Morgan fingerprint density at radius 1 is 0.178 bits per heavy atom. The standard InChI is InChI=1S/C88H104N2/c1-81(2,3)65-38-61(39-66(51-65)82(4,5)6)57-36-58(62-40-67(83(7,8)9)52-68(41-62)84(10,11)12)47-73(46-57)89-79-75-32-28-29-33-76(75)80(78-50-56(34-35-77(78)79)55-30-26-25-27-31-55)90-74-48-59(63-42-69(85(13,14)15)53-70(43-63)86(16,17)18)37-60(49-74)64-44-71(87(19,20)21)54-72(45-64)88(22,23)24/h25-54,89-90H,1-24H3. The van der Waals surface area contributed by atoms with Crippen molar-refractivity contribution in [3.63, 3.8) is 0 Å². The number of hydrogen-bond acceptors (Lipinski definition) is 2. The molecule has 10 rings (SSSR count). The average molecular weight is 1190 g/mol. The predicted octanol–water partition coefficient (Wildman–Crippen LogP) is 26.2. The highest BCUT2D eigenvalue weighted by molar-refractivity contribution is 6.21. The number of nitrogens with one attached hydrogen (secondary N) is 2. The van der Waals surface area contributed by atoms with E-state index >= 15 is 0 Å². The minimum atomic E-state index is -0.0510. The Morgan fingerprint density at radius 3 is 0.678 bits per heavy atom. The lowest BCUT2D eigenvalue weighted by Crippen LogP contribution is -2.16. The van der Waals surface area contributed by atoms with Gasteiger partial charge < -0.3 is 10.6 Å². The van der Waals surface area contributed by atoms with Crippen molar-refractivity contribution in [2.45, 2.75) is 209 Å². The van der Waals surface area contributed by atoms with Crippen LogP contribution in [0.2, 0.25) is 0 Å². The molecule has 10 aromatic carbocycles. The topological polar surface area (TPSA) is 24.1 Å². The second-order valence-corrected chi connectivity index (χ2v) is 34.5. The van der Waals surface area contributed by atoms with Crippen LogP contribution in [0.15, 0.2) is 182 Å². The van der Waals surface area contributed by atoms with E-state index in [9.17, 15) is 0 Å². The van der Waals surface area contributed by atoms with Gasteiger partial charge in [0.1, 0.15) is 0 Å². The molecule has 0 unspecified atom stereocenters. The fourth-order valence-corrected chi connectivity index (χ4v) is 12.3. The van der Waals surface area contributed by atoms with E-state index in [2.05, 4.69) is 359 Å². The fraction of sp³-hybridized carbons (Fsp3) is 0.364. The summed E-state index contributed by atoms with van der Waals surface area (Å²) < 4.78 is 0. The molecule has 10 aromatic rings. The molecule has 0 heterocycles. The van der Waals surface area contributed by atoms with Gasteiger partial charge in [0.05, 0.1) is 11.4 Å². The summed E-state index contributed by atoms with van der Waals surface area (Å²) in [6.45, 7) is 56.1. The van der Waals surface area contributed by atoms with Gasteiger partial charge >= 0.3 is 0 Å². The van der Waals surface area contributed by atoms with Gasteiger partial charge in [-0.15, -0.1) is 0 Å². The number of fused-ring (bicyclic) bond motifs is 2. The van der Waals surface area contributed by atoms with Crippen LogP contribution in [0.25, 0.3) is 77.2 Å². The molecular formula is C88H104N2. The molecular weight excluding hydrogens is 1080 g/mol. The van der Waals surface area contributed by atoms with E-state index in [-0.39, 0.29) is 43.3 Å². The second kappa shape index (κ2) is 23.2. The Kier molecular flexibility index (Phi) is 16.8. The van der Waals surface area contributed by atoms with Gasteiger partial charge in [-0.2, -0.15) is 0 Å². The molecule has 2 nitrogen and oxygen atoms in total. The number of hydrogen-bond donors (Lipinski definition) is 2. The molecule has 0 saturated carbocycles. The molecule has 0 fully saturated rings. The Morgan fingerprint density at radius 2 is 0.411 bits per heavy atom. The van der Waals surface area contributed by atoms with Crippen LogP contribution in [0, 0.1) is 0 Å². The van der Waals surface area contributed by atoms with Gasteiger partial charge in [-0.3, -0.25) is 0 Å². The van der Waals surface area contributed by atoms with Crippen molar-refractivity contribution >= 4 is 44.3 Å². The van der Waals surface area contributed by atoms with Crippen LogP contribution in [-0.2, 0) is 43.3 Å². The van der Waals surface area contributed by atoms with Crippen molar-refractivity contribution in [3.8, 4) is 55.6 Å². The van der Waals surface area contributed by atoms with Gasteiger partial charge in [-0.25, -0.2) is 0 Å². The minimum absolute atomic E-state index is 0.0489. The highest BCUT2D eigenvalue weighted by Gasteiger charge is 2.28. The minimum Gasteiger partial charge on any atom is -0.354 e. The third-order valence-corrected chi connectivity index (χ3v) is 18.5. The first kappa shape index (κ1) is 65.3. The van der Waals surface area contributed by atoms with Crippen LogP contribution in [0.5, 0.6) is 0 Å². The first-order valence-corrected chi connectivity index (χ1v) is 33.1. The van der Waals surface area contributed by atoms with E-state index in [0.717, 1.165) is 49.9 Å². The van der Waals surface area contributed by atoms with Gasteiger partial charge in [-0.1, -0.05) is 306 Å². The third kappa shape index (κ3) is 14.2. The van der Waals surface area contributed by atoms with E-state index in [4.69, 9.17) is 0 Å². The quantitative estimate of drug-likeness (QED) is 0.111. The Labute approximate surface area is 543 Å². The summed E-state index contributed by atoms with van der Waals surface area (Å²) in [5.74, 6) is 0. The molecule has 0 saturated heterocycles. The number of rotatable bonds is 9. The Hall–Kier alpha value is -7.68. The summed E-state index contributed by atoms with van der Waals surface area (Å²) in [7, 11) is 0. The SMILES string of the molecule is CC(C)(C)c1cc(-c2cc(Nc3c4ccccc4c(Nc4cc(-c5cc(C(C)(C)C)cc(C(C)(C)C)c5)cc(-c5cc(C(C)(C)C)cc(C(C)(C)C)c5)c4)c4cc(-c5ccccc5)ccc34)cc(-c3cc(C(C)(C)C)cc(C(C)(C)C)c3)c2)cc(C(C)(C)C)c1. The molecule has 466 valence electrons. The fourth-order valence-electron chi connectivity index (χ4n) is 12.3.